The van der Waals surface area contributed by atoms with Crippen molar-refractivity contribution in [1.82, 2.24) is 10.6 Å². The first-order valence-electron chi connectivity index (χ1n) is 22.2. The van der Waals surface area contributed by atoms with E-state index < -0.39 is 24.5 Å². The van der Waals surface area contributed by atoms with Gasteiger partial charge in [0.25, 0.3) is 0 Å². The van der Waals surface area contributed by atoms with Crippen molar-refractivity contribution in [3.05, 3.63) is 24.3 Å². The lowest BCUT2D eigenvalue weighted by Gasteiger charge is -2.18. The van der Waals surface area contributed by atoms with Crippen molar-refractivity contribution < 1.29 is 34.1 Å². The molecule has 0 bridgehead atoms. The first-order valence-corrected chi connectivity index (χ1v) is 22.2. The van der Waals surface area contributed by atoms with Crippen LogP contribution in [0.2, 0.25) is 0 Å². The van der Waals surface area contributed by atoms with Crippen molar-refractivity contribution >= 4 is 23.8 Å². The fourth-order valence-corrected chi connectivity index (χ4v) is 6.51. The van der Waals surface area contributed by atoms with Crippen molar-refractivity contribution in [2.75, 3.05) is 13.2 Å². The third kappa shape index (κ3) is 36.3. The molecule has 0 radical (unpaired) electrons. The molecule has 0 aromatic rings. The molecule has 0 aromatic heterocycles. The van der Waals surface area contributed by atoms with Gasteiger partial charge in [-0.1, -0.05) is 154 Å². The topological polar surface area (TPSA) is 142 Å². The van der Waals surface area contributed by atoms with E-state index in [-0.39, 0.29) is 24.5 Å². The average molecular weight is 763 g/mol. The van der Waals surface area contributed by atoms with Gasteiger partial charge >= 0.3 is 11.9 Å². The van der Waals surface area contributed by atoms with Crippen molar-refractivity contribution in [3.63, 3.8) is 0 Å². The number of nitrogens with one attached hydrogen (secondary N) is 2. The number of aliphatic hydroxyl groups excluding tert-OH is 1. The van der Waals surface area contributed by atoms with Crippen LogP contribution in [0.15, 0.2) is 24.3 Å². The molecule has 0 heterocycles. The summed E-state index contributed by atoms with van der Waals surface area (Å²) in [4.78, 5) is 47.6. The number of esters is 1. The van der Waals surface area contributed by atoms with E-state index in [0.29, 0.717) is 19.3 Å². The number of amides is 2. The van der Waals surface area contributed by atoms with Gasteiger partial charge in [0.05, 0.1) is 13.2 Å². The Hall–Kier alpha value is -2.68. The van der Waals surface area contributed by atoms with Crippen LogP contribution in [0.5, 0.6) is 0 Å². The first kappa shape index (κ1) is 51.3. The van der Waals surface area contributed by atoms with Gasteiger partial charge in [0.15, 0.2) is 0 Å². The SMILES string of the molecule is CCCCCCC/C=C\C/C=C\CCCCCC(CCCCCCCC(=O)NCC(=O)NC(CO)C(=O)O)OC(=O)CCCCCCCCCCCCC. The number of carbonyl (C=O) groups is 4. The number of rotatable bonds is 40. The van der Waals surface area contributed by atoms with E-state index in [1.165, 1.54) is 96.3 Å². The molecular weight excluding hydrogens is 681 g/mol. The second-order valence-electron chi connectivity index (χ2n) is 15.1. The zero-order chi connectivity index (χ0) is 39.7. The summed E-state index contributed by atoms with van der Waals surface area (Å²) in [6.45, 7) is 3.47. The van der Waals surface area contributed by atoms with E-state index in [2.05, 4.69) is 48.8 Å². The number of aliphatic carboxylic acids is 1. The molecule has 0 fully saturated rings. The minimum Gasteiger partial charge on any atom is -0.480 e. The highest BCUT2D eigenvalue weighted by Crippen LogP contribution is 2.18. The number of hydrogen-bond acceptors (Lipinski definition) is 6. The molecule has 2 atom stereocenters. The highest BCUT2D eigenvalue weighted by molar-refractivity contribution is 5.87. The third-order valence-electron chi connectivity index (χ3n) is 9.95. The molecule has 0 rings (SSSR count). The van der Waals surface area contributed by atoms with E-state index in [0.717, 1.165) is 83.5 Å². The van der Waals surface area contributed by atoms with Crippen LogP contribution >= 0.6 is 0 Å². The van der Waals surface area contributed by atoms with Gasteiger partial charge < -0.3 is 25.6 Å². The zero-order valence-electron chi connectivity index (χ0n) is 34.7. The summed E-state index contributed by atoms with van der Waals surface area (Å²) in [5, 5.41) is 22.6. The summed E-state index contributed by atoms with van der Waals surface area (Å²) in [6.07, 6.45) is 43.4. The molecule has 54 heavy (non-hydrogen) atoms. The van der Waals surface area contributed by atoms with Crippen molar-refractivity contribution in [2.45, 2.75) is 225 Å². The van der Waals surface area contributed by atoms with E-state index in [9.17, 15) is 19.2 Å². The highest BCUT2D eigenvalue weighted by atomic mass is 16.5. The van der Waals surface area contributed by atoms with Gasteiger partial charge in [-0.2, -0.15) is 0 Å². The molecule has 0 saturated heterocycles. The first-order chi connectivity index (χ1) is 26.3. The molecule has 9 nitrogen and oxygen atoms in total. The second kappa shape index (κ2) is 40.0. The summed E-state index contributed by atoms with van der Waals surface area (Å²) in [6, 6.07) is -1.38. The normalized spacial score (nSPS) is 12.6. The number of carboxylic acids is 1. The van der Waals surface area contributed by atoms with Crippen LogP contribution in [0.1, 0.15) is 213 Å². The maximum Gasteiger partial charge on any atom is 0.328 e. The van der Waals surface area contributed by atoms with Crippen molar-refractivity contribution in [1.29, 1.82) is 0 Å². The Labute approximate surface area is 330 Å². The number of ether oxygens (including phenoxy) is 1. The molecule has 314 valence electrons. The van der Waals surface area contributed by atoms with Crippen LogP contribution < -0.4 is 10.6 Å². The van der Waals surface area contributed by atoms with E-state index in [1.54, 1.807) is 0 Å². The van der Waals surface area contributed by atoms with Gasteiger partial charge in [0.1, 0.15) is 12.1 Å². The molecule has 0 aliphatic rings. The number of allylic oxidation sites excluding steroid dienone is 4. The smallest absolute Gasteiger partial charge is 0.328 e. The molecule has 2 amide bonds. The van der Waals surface area contributed by atoms with Crippen LogP contribution in [0.4, 0.5) is 0 Å². The maximum atomic E-state index is 12.8. The van der Waals surface area contributed by atoms with Gasteiger partial charge in [-0.3, -0.25) is 14.4 Å². The largest absolute Gasteiger partial charge is 0.480 e. The van der Waals surface area contributed by atoms with Gasteiger partial charge in [-0.05, 0) is 70.6 Å². The van der Waals surface area contributed by atoms with Gasteiger partial charge in [-0.25, -0.2) is 4.79 Å². The van der Waals surface area contributed by atoms with Crippen molar-refractivity contribution in [3.8, 4) is 0 Å². The lowest BCUT2D eigenvalue weighted by Crippen LogP contribution is -2.47. The Morgan fingerprint density at radius 2 is 1.00 bits per heavy atom. The number of hydrogen-bond donors (Lipinski definition) is 4. The Bertz CT molecular complexity index is 968. The standard InChI is InChI=1S/C45H82N2O7/c1-3-5-7-9-11-13-15-16-17-18-20-21-23-26-30-34-40(54-44(51)37-33-29-24-22-19-14-12-10-8-6-4-2)35-31-27-25-28-32-36-42(49)46-38-43(50)47-41(39-48)45(52)53/h15-16,18,20,40-41,48H,3-14,17,19,21-39H2,1-2H3,(H,46,49)(H,47,50)(H,52,53)/b16-15-,20-18-. The van der Waals surface area contributed by atoms with Crippen LogP contribution in [0, 0.1) is 0 Å². The van der Waals surface area contributed by atoms with E-state index in [1.807, 2.05) is 0 Å². The molecule has 0 saturated carbocycles. The molecule has 0 aliphatic heterocycles. The van der Waals surface area contributed by atoms with Crippen LogP contribution in [0.3, 0.4) is 0 Å². The van der Waals surface area contributed by atoms with Crippen molar-refractivity contribution in [2.24, 2.45) is 0 Å². The average Bonchev–Trinajstić information content (AvgIpc) is 3.15. The fourth-order valence-electron chi connectivity index (χ4n) is 6.51. The number of aliphatic hydroxyl groups is 1. The summed E-state index contributed by atoms with van der Waals surface area (Å²) < 4.78 is 6.02. The summed E-state index contributed by atoms with van der Waals surface area (Å²) >= 11 is 0. The monoisotopic (exact) mass is 763 g/mol. The lowest BCUT2D eigenvalue weighted by atomic mass is 10.0. The predicted molar refractivity (Wildman–Crippen MR) is 222 cm³/mol. The molecule has 2 unspecified atom stereocenters. The number of carboxylic acid groups (broad SMARTS) is 1. The third-order valence-corrected chi connectivity index (χ3v) is 9.95. The second-order valence-corrected chi connectivity index (χ2v) is 15.1. The quantitative estimate of drug-likeness (QED) is 0.0276. The number of carbonyl (C=O) groups excluding carboxylic acids is 3. The van der Waals surface area contributed by atoms with E-state index in [4.69, 9.17) is 14.9 Å². The van der Waals surface area contributed by atoms with Crippen LogP contribution in [-0.2, 0) is 23.9 Å². The summed E-state index contributed by atoms with van der Waals surface area (Å²) in [7, 11) is 0. The molecule has 0 aromatic carbocycles. The highest BCUT2D eigenvalue weighted by Gasteiger charge is 2.19. The molecule has 4 N–H and O–H groups in total. The lowest BCUT2D eigenvalue weighted by molar-refractivity contribution is -0.150. The van der Waals surface area contributed by atoms with E-state index >= 15 is 0 Å². The molecular formula is C45H82N2O7. The van der Waals surface area contributed by atoms with Gasteiger partial charge in [0, 0.05) is 12.8 Å². The summed E-state index contributed by atoms with van der Waals surface area (Å²) in [5.41, 5.74) is 0. The van der Waals surface area contributed by atoms with Crippen LogP contribution in [-0.4, -0.2) is 59.3 Å². The van der Waals surface area contributed by atoms with Crippen LogP contribution in [0.25, 0.3) is 0 Å². The molecule has 0 spiro atoms. The maximum absolute atomic E-state index is 12.8. The minimum atomic E-state index is -1.38. The predicted octanol–water partition coefficient (Wildman–Crippen LogP) is 10.8. The molecule has 0 aliphatic carbocycles. The Kier molecular flexibility index (Phi) is 38.0. The Morgan fingerprint density at radius 1 is 0.556 bits per heavy atom. The zero-order valence-corrected chi connectivity index (χ0v) is 34.7. The molecule has 9 heteroatoms. The Morgan fingerprint density at radius 3 is 1.50 bits per heavy atom. The number of unbranched alkanes of at least 4 members (excludes halogenated alkanes) is 22. The fraction of sp³-hybridized carbons (Fsp3) is 0.822. The Balaban J connectivity index is 4.36. The van der Waals surface area contributed by atoms with Gasteiger partial charge in [-0.15, -0.1) is 0 Å². The summed E-state index contributed by atoms with van der Waals surface area (Å²) in [5.74, 6) is -2.30. The minimum absolute atomic E-state index is 0.0312. The van der Waals surface area contributed by atoms with Gasteiger partial charge in [0.2, 0.25) is 11.8 Å².